The van der Waals surface area contributed by atoms with Crippen molar-refractivity contribution in [1.82, 2.24) is 14.8 Å². The molecule has 0 spiro atoms. The molecule has 124 valence electrons. The highest BCUT2D eigenvalue weighted by Crippen LogP contribution is 2.22. The van der Waals surface area contributed by atoms with Gasteiger partial charge in [0.25, 0.3) is 0 Å². The summed E-state index contributed by atoms with van der Waals surface area (Å²) in [7, 11) is 0. The van der Waals surface area contributed by atoms with E-state index in [4.69, 9.17) is 4.74 Å². The number of ether oxygens (including phenoxy) is 1. The molecule has 0 radical (unpaired) electrons. The molecule has 0 fully saturated rings. The van der Waals surface area contributed by atoms with Crippen LogP contribution in [0.25, 0.3) is 17.1 Å². The summed E-state index contributed by atoms with van der Waals surface area (Å²) in [5.41, 5.74) is 2.07. The van der Waals surface area contributed by atoms with Crippen LogP contribution in [-0.4, -0.2) is 21.4 Å². The predicted octanol–water partition coefficient (Wildman–Crippen LogP) is 4.89. The van der Waals surface area contributed by atoms with E-state index in [1.54, 1.807) is 6.33 Å². The van der Waals surface area contributed by atoms with Crippen molar-refractivity contribution in [2.75, 3.05) is 6.61 Å². The van der Waals surface area contributed by atoms with Gasteiger partial charge in [0.05, 0.1) is 6.61 Å². The Morgan fingerprint density at radius 2 is 1.71 bits per heavy atom. The van der Waals surface area contributed by atoms with Crippen molar-refractivity contribution in [3.63, 3.8) is 0 Å². The summed E-state index contributed by atoms with van der Waals surface area (Å²) in [5.74, 6) is 1.74. The van der Waals surface area contributed by atoms with E-state index in [1.165, 1.54) is 19.3 Å². The number of hydrogen-bond donors (Lipinski definition) is 0. The number of unbranched alkanes of at least 4 members (excludes halogenated alkanes) is 3. The van der Waals surface area contributed by atoms with Gasteiger partial charge in [0, 0.05) is 11.3 Å². The molecule has 4 heteroatoms. The van der Waals surface area contributed by atoms with Gasteiger partial charge in [-0.2, -0.15) is 0 Å². The number of rotatable bonds is 8. The fraction of sp³-hybridized carbons (Fsp3) is 0.300. The van der Waals surface area contributed by atoms with E-state index < -0.39 is 0 Å². The lowest BCUT2D eigenvalue weighted by Crippen LogP contribution is -1.99. The first kappa shape index (κ1) is 16.2. The van der Waals surface area contributed by atoms with Gasteiger partial charge in [0.15, 0.2) is 5.82 Å². The third-order valence-electron chi connectivity index (χ3n) is 3.96. The minimum atomic E-state index is 0.779. The third-order valence-corrected chi connectivity index (χ3v) is 3.96. The molecule has 0 aliphatic heterocycles. The molecule has 0 bridgehead atoms. The van der Waals surface area contributed by atoms with Gasteiger partial charge in [0.1, 0.15) is 12.1 Å². The Morgan fingerprint density at radius 1 is 0.917 bits per heavy atom. The lowest BCUT2D eigenvalue weighted by molar-refractivity contribution is 0.305. The normalized spacial score (nSPS) is 10.7. The first-order chi connectivity index (χ1) is 11.9. The van der Waals surface area contributed by atoms with Crippen LogP contribution in [0.5, 0.6) is 5.75 Å². The Labute approximate surface area is 143 Å². The predicted molar refractivity (Wildman–Crippen MR) is 96.4 cm³/mol. The van der Waals surface area contributed by atoms with Crippen molar-refractivity contribution < 1.29 is 4.74 Å². The van der Waals surface area contributed by atoms with Gasteiger partial charge in [-0.15, -0.1) is 10.2 Å². The standard InChI is InChI=1S/C20H23N3O/c1-2-3-4-8-15-24-19-13-11-18(12-14-19)23-16-21-22-20(23)17-9-6-5-7-10-17/h5-7,9-14,16H,2-4,8,15H2,1H3. The Hall–Kier alpha value is -2.62. The highest BCUT2D eigenvalue weighted by atomic mass is 16.5. The van der Waals surface area contributed by atoms with E-state index in [0.29, 0.717) is 0 Å². The lowest BCUT2D eigenvalue weighted by atomic mass is 10.2. The van der Waals surface area contributed by atoms with Crippen LogP contribution < -0.4 is 4.74 Å². The molecule has 0 unspecified atom stereocenters. The molecule has 1 aromatic heterocycles. The smallest absolute Gasteiger partial charge is 0.168 e. The minimum Gasteiger partial charge on any atom is -0.494 e. The summed E-state index contributed by atoms with van der Waals surface area (Å²) in [6, 6.07) is 18.2. The van der Waals surface area contributed by atoms with Gasteiger partial charge in [-0.25, -0.2) is 0 Å². The van der Waals surface area contributed by atoms with Crippen molar-refractivity contribution in [3.8, 4) is 22.8 Å². The summed E-state index contributed by atoms with van der Waals surface area (Å²) < 4.78 is 7.79. The van der Waals surface area contributed by atoms with Crippen molar-refractivity contribution in [3.05, 3.63) is 60.9 Å². The van der Waals surface area contributed by atoms with Crippen molar-refractivity contribution >= 4 is 0 Å². The second-order valence-electron chi connectivity index (χ2n) is 5.79. The van der Waals surface area contributed by atoms with E-state index in [0.717, 1.165) is 35.9 Å². The maximum atomic E-state index is 5.80. The number of aromatic nitrogens is 3. The molecule has 1 heterocycles. The number of hydrogen-bond acceptors (Lipinski definition) is 3. The zero-order valence-corrected chi connectivity index (χ0v) is 14.1. The van der Waals surface area contributed by atoms with Gasteiger partial charge in [0.2, 0.25) is 0 Å². The topological polar surface area (TPSA) is 39.9 Å². The maximum absolute atomic E-state index is 5.80. The SMILES string of the molecule is CCCCCCOc1ccc(-n2cnnc2-c2ccccc2)cc1. The highest BCUT2D eigenvalue weighted by Gasteiger charge is 2.08. The van der Waals surface area contributed by atoms with Crippen LogP contribution in [0.1, 0.15) is 32.6 Å². The average molecular weight is 321 g/mol. The average Bonchev–Trinajstić information content (AvgIpc) is 3.13. The molecule has 4 nitrogen and oxygen atoms in total. The Bertz CT molecular complexity index is 735. The molecule has 3 rings (SSSR count). The van der Waals surface area contributed by atoms with Crippen LogP contribution in [0.3, 0.4) is 0 Å². The molecular formula is C20H23N3O. The van der Waals surface area contributed by atoms with Crippen LogP contribution in [0.4, 0.5) is 0 Å². The van der Waals surface area contributed by atoms with E-state index in [-0.39, 0.29) is 0 Å². The summed E-state index contributed by atoms with van der Waals surface area (Å²) in [6.45, 7) is 3.00. The zero-order valence-electron chi connectivity index (χ0n) is 14.1. The molecule has 2 aromatic carbocycles. The van der Waals surface area contributed by atoms with E-state index in [2.05, 4.69) is 17.1 Å². The van der Waals surface area contributed by atoms with Crippen molar-refractivity contribution in [2.45, 2.75) is 32.6 Å². The number of benzene rings is 2. The molecular weight excluding hydrogens is 298 g/mol. The third kappa shape index (κ3) is 4.02. The summed E-state index contributed by atoms with van der Waals surface area (Å²) in [6.07, 6.45) is 6.60. The Kier molecular flexibility index (Phi) is 5.61. The zero-order chi connectivity index (χ0) is 16.6. The van der Waals surface area contributed by atoms with Crippen LogP contribution in [0.2, 0.25) is 0 Å². The van der Waals surface area contributed by atoms with Gasteiger partial charge < -0.3 is 4.74 Å². The first-order valence-corrected chi connectivity index (χ1v) is 8.57. The molecule has 0 saturated carbocycles. The van der Waals surface area contributed by atoms with Crippen LogP contribution in [0, 0.1) is 0 Å². The fourth-order valence-electron chi connectivity index (χ4n) is 2.63. The summed E-state index contributed by atoms with van der Waals surface area (Å²) in [5, 5.41) is 8.30. The maximum Gasteiger partial charge on any atom is 0.168 e. The van der Waals surface area contributed by atoms with Crippen molar-refractivity contribution in [1.29, 1.82) is 0 Å². The molecule has 0 amide bonds. The van der Waals surface area contributed by atoms with Crippen LogP contribution >= 0.6 is 0 Å². The van der Waals surface area contributed by atoms with Crippen LogP contribution in [-0.2, 0) is 0 Å². The monoisotopic (exact) mass is 321 g/mol. The molecule has 3 aromatic rings. The highest BCUT2D eigenvalue weighted by molar-refractivity contribution is 5.58. The first-order valence-electron chi connectivity index (χ1n) is 8.57. The Morgan fingerprint density at radius 3 is 2.46 bits per heavy atom. The summed E-state index contributed by atoms with van der Waals surface area (Å²) >= 11 is 0. The van der Waals surface area contributed by atoms with Gasteiger partial charge in [-0.1, -0.05) is 56.5 Å². The molecule has 0 atom stereocenters. The largest absolute Gasteiger partial charge is 0.494 e. The fourth-order valence-corrected chi connectivity index (χ4v) is 2.63. The van der Waals surface area contributed by atoms with E-state index >= 15 is 0 Å². The lowest BCUT2D eigenvalue weighted by Gasteiger charge is -2.09. The minimum absolute atomic E-state index is 0.779. The molecule has 0 aliphatic rings. The van der Waals surface area contributed by atoms with Crippen molar-refractivity contribution in [2.24, 2.45) is 0 Å². The van der Waals surface area contributed by atoms with Gasteiger partial charge in [-0.05, 0) is 30.7 Å². The van der Waals surface area contributed by atoms with Gasteiger partial charge in [-0.3, -0.25) is 4.57 Å². The van der Waals surface area contributed by atoms with E-state index in [1.807, 2.05) is 59.2 Å². The molecule has 24 heavy (non-hydrogen) atoms. The Balaban J connectivity index is 1.67. The van der Waals surface area contributed by atoms with Crippen LogP contribution in [0.15, 0.2) is 60.9 Å². The summed E-state index contributed by atoms with van der Waals surface area (Å²) in [4.78, 5) is 0. The quantitative estimate of drug-likeness (QED) is 0.554. The second-order valence-corrected chi connectivity index (χ2v) is 5.79. The molecule has 0 N–H and O–H groups in total. The second kappa shape index (κ2) is 8.29. The number of nitrogens with zero attached hydrogens (tertiary/aromatic N) is 3. The van der Waals surface area contributed by atoms with E-state index in [9.17, 15) is 0 Å². The van der Waals surface area contributed by atoms with Gasteiger partial charge >= 0.3 is 0 Å². The molecule has 0 saturated heterocycles. The molecule has 0 aliphatic carbocycles.